The molecule has 0 bridgehead atoms. The molecule has 0 aliphatic heterocycles. The number of benzene rings is 2. The summed E-state index contributed by atoms with van der Waals surface area (Å²) >= 11 is 6.04. The van der Waals surface area contributed by atoms with E-state index in [4.69, 9.17) is 16.0 Å². The maximum Gasteiger partial charge on any atom is 0.237 e. The van der Waals surface area contributed by atoms with Crippen molar-refractivity contribution in [2.75, 3.05) is 0 Å². The zero-order valence-corrected chi connectivity index (χ0v) is 15.9. The van der Waals surface area contributed by atoms with Gasteiger partial charge in [-0.25, -0.2) is 0 Å². The Bertz CT molecular complexity index is 873. The minimum atomic E-state index is -0.351. The molecule has 0 saturated heterocycles. The second-order valence-electron chi connectivity index (χ2n) is 6.58. The third-order valence-electron chi connectivity index (χ3n) is 4.47. The zero-order valence-electron chi connectivity index (χ0n) is 15.1. The lowest BCUT2D eigenvalue weighted by Gasteiger charge is -2.21. The second-order valence-corrected chi connectivity index (χ2v) is 7.02. The van der Waals surface area contributed by atoms with Gasteiger partial charge in [0.15, 0.2) is 0 Å². The largest absolute Gasteiger partial charge is 0.459 e. The molecule has 2 aromatic carbocycles. The predicted octanol–water partition coefficient (Wildman–Crippen LogP) is 5.00. The Morgan fingerprint density at radius 3 is 2.50 bits per heavy atom. The normalized spacial score (nSPS) is 14.8. The smallest absolute Gasteiger partial charge is 0.237 e. The summed E-state index contributed by atoms with van der Waals surface area (Å²) in [7, 11) is 0. The van der Waals surface area contributed by atoms with E-state index in [1.807, 2.05) is 75.4 Å². The highest BCUT2D eigenvalue weighted by Crippen LogP contribution is 2.23. The number of hydrogen-bond donors (Lipinski definition) is 2. The Balaban J connectivity index is 1.61. The van der Waals surface area contributed by atoms with Crippen molar-refractivity contribution < 1.29 is 9.21 Å². The standard InChI is InChI=1S/C21H23ClN2O2/c1-13(16-8-6-9-18(22)11-16)23-15(3)21(25)24-14(2)20-12-17-7-4-5-10-19(17)26-20/h4-15,23H,1-3H3,(H,24,25). The average molecular weight is 371 g/mol. The fraction of sp³-hybridized carbons (Fsp3) is 0.286. The van der Waals surface area contributed by atoms with E-state index in [0.717, 1.165) is 22.3 Å². The number of halogens is 1. The van der Waals surface area contributed by atoms with Gasteiger partial charge >= 0.3 is 0 Å². The number of carbonyl (C=O) groups excluding carboxylic acids is 1. The minimum Gasteiger partial charge on any atom is -0.459 e. The Morgan fingerprint density at radius 1 is 1.00 bits per heavy atom. The third-order valence-corrected chi connectivity index (χ3v) is 4.71. The van der Waals surface area contributed by atoms with Gasteiger partial charge in [0, 0.05) is 16.5 Å². The van der Waals surface area contributed by atoms with Crippen molar-refractivity contribution in [3.8, 4) is 0 Å². The van der Waals surface area contributed by atoms with Gasteiger partial charge in [-0.1, -0.05) is 41.9 Å². The summed E-state index contributed by atoms with van der Waals surface area (Å²) in [6.07, 6.45) is 0. The summed E-state index contributed by atoms with van der Waals surface area (Å²) in [6, 6.07) is 16.9. The molecule has 0 spiro atoms. The van der Waals surface area contributed by atoms with Crippen LogP contribution >= 0.6 is 11.6 Å². The highest BCUT2D eigenvalue weighted by molar-refractivity contribution is 6.30. The van der Waals surface area contributed by atoms with Gasteiger partial charge in [0.1, 0.15) is 11.3 Å². The molecule has 0 aliphatic carbocycles. The van der Waals surface area contributed by atoms with E-state index in [1.165, 1.54) is 0 Å². The van der Waals surface area contributed by atoms with Crippen LogP contribution in [0.3, 0.4) is 0 Å². The molecule has 3 aromatic rings. The number of nitrogens with one attached hydrogen (secondary N) is 2. The minimum absolute atomic E-state index is 0.0101. The van der Waals surface area contributed by atoms with Crippen LogP contribution in [0.4, 0.5) is 0 Å². The highest BCUT2D eigenvalue weighted by Gasteiger charge is 2.20. The fourth-order valence-electron chi connectivity index (χ4n) is 2.95. The van der Waals surface area contributed by atoms with Crippen molar-refractivity contribution in [1.82, 2.24) is 10.6 Å². The molecule has 0 aliphatic rings. The van der Waals surface area contributed by atoms with Crippen molar-refractivity contribution in [1.29, 1.82) is 0 Å². The lowest BCUT2D eigenvalue weighted by atomic mass is 10.1. The summed E-state index contributed by atoms with van der Waals surface area (Å²) in [5.74, 6) is 0.668. The monoisotopic (exact) mass is 370 g/mol. The Kier molecular flexibility index (Phi) is 5.64. The van der Waals surface area contributed by atoms with Crippen molar-refractivity contribution in [2.24, 2.45) is 0 Å². The second kappa shape index (κ2) is 7.94. The van der Waals surface area contributed by atoms with Crippen LogP contribution in [0.15, 0.2) is 59.0 Å². The first-order valence-corrected chi connectivity index (χ1v) is 9.12. The molecule has 0 radical (unpaired) electrons. The molecule has 3 unspecified atom stereocenters. The number of hydrogen-bond acceptors (Lipinski definition) is 3. The molecule has 4 nitrogen and oxygen atoms in total. The van der Waals surface area contributed by atoms with Crippen LogP contribution in [0.5, 0.6) is 0 Å². The molecule has 136 valence electrons. The molecule has 3 atom stereocenters. The van der Waals surface area contributed by atoms with Crippen LogP contribution in [0.2, 0.25) is 5.02 Å². The molecule has 3 rings (SSSR count). The molecule has 2 N–H and O–H groups in total. The van der Waals surface area contributed by atoms with Crippen LogP contribution in [0, 0.1) is 0 Å². The maximum atomic E-state index is 12.5. The van der Waals surface area contributed by atoms with Crippen molar-refractivity contribution in [3.63, 3.8) is 0 Å². The van der Waals surface area contributed by atoms with E-state index in [1.54, 1.807) is 0 Å². The molecule has 5 heteroatoms. The van der Waals surface area contributed by atoms with E-state index >= 15 is 0 Å². The Labute approximate surface area is 158 Å². The summed E-state index contributed by atoms with van der Waals surface area (Å²) in [5, 5.41) is 8.03. The number of rotatable bonds is 6. The lowest BCUT2D eigenvalue weighted by Crippen LogP contribution is -2.43. The number of amides is 1. The van der Waals surface area contributed by atoms with Crippen LogP contribution < -0.4 is 10.6 Å². The molecule has 0 fully saturated rings. The summed E-state index contributed by atoms with van der Waals surface area (Å²) < 4.78 is 5.82. The Hall–Kier alpha value is -2.30. The van der Waals surface area contributed by atoms with Crippen molar-refractivity contribution in [2.45, 2.75) is 38.9 Å². The van der Waals surface area contributed by atoms with Crippen molar-refractivity contribution in [3.05, 3.63) is 70.9 Å². The van der Waals surface area contributed by atoms with Gasteiger partial charge in [0.25, 0.3) is 0 Å². The van der Waals surface area contributed by atoms with Gasteiger partial charge in [0.05, 0.1) is 12.1 Å². The lowest BCUT2D eigenvalue weighted by molar-refractivity contribution is -0.123. The number of para-hydroxylation sites is 1. The number of fused-ring (bicyclic) bond motifs is 1. The maximum absolute atomic E-state index is 12.5. The quantitative estimate of drug-likeness (QED) is 0.641. The molecule has 0 saturated carbocycles. The number of furan rings is 1. The molecular formula is C21H23ClN2O2. The summed E-state index contributed by atoms with van der Waals surface area (Å²) in [4.78, 5) is 12.5. The topological polar surface area (TPSA) is 54.3 Å². The van der Waals surface area contributed by atoms with Crippen LogP contribution in [-0.2, 0) is 4.79 Å². The van der Waals surface area contributed by atoms with Crippen LogP contribution in [0.25, 0.3) is 11.0 Å². The van der Waals surface area contributed by atoms with Crippen LogP contribution in [-0.4, -0.2) is 11.9 Å². The van der Waals surface area contributed by atoms with Gasteiger partial charge < -0.3 is 9.73 Å². The van der Waals surface area contributed by atoms with Gasteiger partial charge in [-0.3, -0.25) is 10.1 Å². The first kappa shape index (κ1) is 18.5. The highest BCUT2D eigenvalue weighted by atomic mass is 35.5. The van der Waals surface area contributed by atoms with Crippen molar-refractivity contribution >= 4 is 28.5 Å². The van der Waals surface area contributed by atoms with Gasteiger partial charge in [-0.2, -0.15) is 0 Å². The molecule has 1 amide bonds. The van der Waals surface area contributed by atoms with E-state index in [2.05, 4.69) is 10.6 Å². The summed E-state index contributed by atoms with van der Waals surface area (Å²) in [5.41, 5.74) is 1.87. The third kappa shape index (κ3) is 4.26. The van der Waals surface area contributed by atoms with Gasteiger partial charge in [-0.05, 0) is 50.6 Å². The number of carbonyl (C=O) groups is 1. The van der Waals surface area contributed by atoms with Gasteiger partial charge in [-0.15, -0.1) is 0 Å². The predicted molar refractivity (Wildman–Crippen MR) is 105 cm³/mol. The molecule has 1 aromatic heterocycles. The van der Waals surface area contributed by atoms with E-state index in [0.29, 0.717) is 5.02 Å². The first-order chi connectivity index (χ1) is 12.4. The molecule has 26 heavy (non-hydrogen) atoms. The van der Waals surface area contributed by atoms with Gasteiger partial charge in [0.2, 0.25) is 5.91 Å². The van der Waals surface area contributed by atoms with E-state index < -0.39 is 0 Å². The van der Waals surface area contributed by atoms with Crippen LogP contribution in [0.1, 0.15) is 44.2 Å². The van der Waals surface area contributed by atoms with E-state index in [9.17, 15) is 4.79 Å². The average Bonchev–Trinajstić information content (AvgIpc) is 3.06. The fourth-order valence-corrected chi connectivity index (χ4v) is 3.15. The first-order valence-electron chi connectivity index (χ1n) is 8.74. The van der Waals surface area contributed by atoms with E-state index in [-0.39, 0.29) is 24.0 Å². The Morgan fingerprint density at radius 2 is 1.77 bits per heavy atom. The zero-order chi connectivity index (χ0) is 18.7. The summed E-state index contributed by atoms with van der Waals surface area (Å²) in [6.45, 7) is 5.78. The SMILES string of the molecule is CC(NC(C)c1cccc(Cl)c1)C(=O)NC(C)c1cc2ccccc2o1. The molecular weight excluding hydrogens is 348 g/mol. The molecule has 1 heterocycles.